The van der Waals surface area contributed by atoms with Crippen LogP contribution in [0.15, 0.2) is 49.2 Å². The summed E-state index contributed by atoms with van der Waals surface area (Å²) in [5, 5.41) is 5.83. The molecule has 0 spiro atoms. The van der Waals surface area contributed by atoms with Gasteiger partial charge in [0, 0.05) is 50.1 Å². The summed E-state index contributed by atoms with van der Waals surface area (Å²) >= 11 is 0. The summed E-state index contributed by atoms with van der Waals surface area (Å²) in [5.74, 6) is 1.34. The molecule has 2 N–H and O–H groups in total. The summed E-state index contributed by atoms with van der Waals surface area (Å²) in [7, 11) is 1.55. The maximum absolute atomic E-state index is 12.1. The molecule has 3 rings (SSSR count). The van der Waals surface area contributed by atoms with Crippen molar-refractivity contribution in [3.8, 4) is 5.88 Å². The Hall–Kier alpha value is -3.49. The van der Waals surface area contributed by atoms with Crippen molar-refractivity contribution in [3.05, 3.63) is 54.8 Å². The lowest BCUT2D eigenvalue weighted by atomic mass is 10.3. The first-order valence-electron chi connectivity index (χ1n) is 7.59. The van der Waals surface area contributed by atoms with E-state index in [1.165, 1.54) is 6.20 Å². The van der Waals surface area contributed by atoms with Gasteiger partial charge in [-0.25, -0.2) is 15.0 Å². The van der Waals surface area contributed by atoms with Gasteiger partial charge < -0.3 is 15.4 Å². The predicted octanol–water partition coefficient (Wildman–Crippen LogP) is 0.926. The van der Waals surface area contributed by atoms with Crippen LogP contribution < -0.4 is 15.4 Å². The van der Waals surface area contributed by atoms with Crippen LogP contribution in [0.3, 0.4) is 0 Å². The second-order valence-electron chi connectivity index (χ2n) is 4.96. The van der Waals surface area contributed by atoms with E-state index in [1.54, 1.807) is 42.4 Å². The minimum Gasteiger partial charge on any atom is -0.481 e. The number of imidazole rings is 1. The zero-order chi connectivity index (χ0) is 17.5. The summed E-state index contributed by atoms with van der Waals surface area (Å²) in [6.07, 6.45) is 11.9. The first-order valence-corrected chi connectivity index (χ1v) is 7.59. The van der Waals surface area contributed by atoms with Crippen molar-refractivity contribution >= 4 is 17.6 Å². The van der Waals surface area contributed by atoms with E-state index < -0.39 is 0 Å². The topological polar surface area (TPSA) is 106 Å². The number of hydrogen-bond acceptors (Lipinski definition) is 7. The molecule has 1 amide bonds. The number of hydrogen-bond donors (Lipinski definition) is 2. The molecule has 25 heavy (non-hydrogen) atoms. The van der Waals surface area contributed by atoms with Gasteiger partial charge in [0.1, 0.15) is 0 Å². The standard InChI is InChI=1S/C16H17N7O2/c1-25-13-4-7-19-15(22-13)18-6-3-2-5-17-14(24)12-10-21-16-20-8-9-23(16)11-12/h2-4,7-11H,5-6H2,1H3,(H,17,24)(H,18,19,22)/b3-2+. The number of aromatic nitrogens is 5. The SMILES string of the molecule is COc1ccnc(NC/C=C/CNC(=O)c2cnc3nccn3c2)n1. The van der Waals surface area contributed by atoms with E-state index in [2.05, 4.69) is 30.6 Å². The van der Waals surface area contributed by atoms with Gasteiger partial charge in [-0.3, -0.25) is 9.20 Å². The average molecular weight is 339 g/mol. The number of methoxy groups -OCH3 is 1. The average Bonchev–Trinajstić information content (AvgIpc) is 3.12. The van der Waals surface area contributed by atoms with E-state index in [9.17, 15) is 4.79 Å². The minimum atomic E-state index is -0.197. The van der Waals surface area contributed by atoms with Crippen LogP contribution in [-0.4, -0.2) is 50.4 Å². The first-order chi connectivity index (χ1) is 12.3. The largest absolute Gasteiger partial charge is 0.481 e. The van der Waals surface area contributed by atoms with Crippen molar-refractivity contribution in [2.75, 3.05) is 25.5 Å². The maximum atomic E-state index is 12.1. The Kier molecular flexibility index (Phi) is 5.15. The molecule has 9 heteroatoms. The summed E-state index contributed by atoms with van der Waals surface area (Å²) in [6.45, 7) is 0.938. The Bertz CT molecular complexity index is 891. The van der Waals surface area contributed by atoms with Crippen LogP contribution in [0.5, 0.6) is 5.88 Å². The molecular weight excluding hydrogens is 322 g/mol. The highest BCUT2D eigenvalue weighted by Gasteiger charge is 2.06. The van der Waals surface area contributed by atoms with Crippen molar-refractivity contribution in [1.29, 1.82) is 0 Å². The van der Waals surface area contributed by atoms with Crippen molar-refractivity contribution in [1.82, 2.24) is 29.7 Å². The number of nitrogens with zero attached hydrogens (tertiary/aromatic N) is 5. The minimum absolute atomic E-state index is 0.197. The number of nitrogens with one attached hydrogen (secondary N) is 2. The number of ether oxygens (including phenoxy) is 1. The zero-order valence-electron chi connectivity index (χ0n) is 13.6. The number of carbonyl (C=O) groups is 1. The van der Waals surface area contributed by atoms with Gasteiger partial charge in [-0.15, -0.1) is 0 Å². The highest BCUT2D eigenvalue weighted by Crippen LogP contribution is 2.06. The van der Waals surface area contributed by atoms with Crippen LogP contribution in [0.2, 0.25) is 0 Å². The second-order valence-corrected chi connectivity index (χ2v) is 4.96. The monoisotopic (exact) mass is 339 g/mol. The Morgan fingerprint density at radius 2 is 2.12 bits per heavy atom. The van der Waals surface area contributed by atoms with E-state index in [4.69, 9.17) is 4.74 Å². The van der Waals surface area contributed by atoms with E-state index in [0.717, 1.165) is 0 Å². The fraction of sp³-hybridized carbons (Fsp3) is 0.188. The van der Waals surface area contributed by atoms with Gasteiger partial charge in [0.25, 0.3) is 5.91 Å². The predicted molar refractivity (Wildman–Crippen MR) is 91.5 cm³/mol. The first kappa shape index (κ1) is 16.4. The molecule has 0 aliphatic heterocycles. The molecule has 0 fully saturated rings. The second kappa shape index (κ2) is 7.86. The summed E-state index contributed by atoms with van der Waals surface area (Å²) < 4.78 is 6.72. The van der Waals surface area contributed by atoms with Gasteiger partial charge in [0.2, 0.25) is 17.6 Å². The number of rotatable bonds is 7. The molecule has 3 aromatic rings. The molecular formula is C16H17N7O2. The highest BCUT2D eigenvalue weighted by atomic mass is 16.5. The molecule has 9 nitrogen and oxygen atoms in total. The van der Waals surface area contributed by atoms with E-state index >= 15 is 0 Å². The molecule has 3 heterocycles. The smallest absolute Gasteiger partial charge is 0.254 e. The molecule has 128 valence electrons. The van der Waals surface area contributed by atoms with Gasteiger partial charge in [0.05, 0.1) is 12.7 Å². The maximum Gasteiger partial charge on any atom is 0.254 e. The van der Waals surface area contributed by atoms with E-state index in [0.29, 0.717) is 36.3 Å². The quantitative estimate of drug-likeness (QED) is 0.617. The number of fused-ring (bicyclic) bond motifs is 1. The molecule has 0 radical (unpaired) electrons. The van der Waals surface area contributed by atoms with Crippen molar-refractivity contribution < 1.29 is 9.53 Å². The Labute approximate surface area is 143 Å². The lowest BCUT2D eigenvalue weighted by Crippen LogP contribution is -2.24. The number of amides is 1. The fourth-order valence-electron chi connectivity index (χ4n) is 2.05. The third-order valence-electron chi connectivity index (χ3n) is 3.27. The lowest BCUT2D eigenvalue weighted by molar-refractivity contribution is 0.0957. The fourth-order valence-corrected chi connectivity index (χ4v) is 2.05. The molecule has 0 aromatic carbocycles. The van der Waals surface area contributed by atoms with E-state index in [1.807, 2.05) is 12.2 Å². The van der Waals surface area contributed by atoms with Gasteiger partial charge >= 0.3 is 0 Å². The van der Waals surface area contributed by atoms with Crippen molar-refractivity contribution in [3.63, 3.8) is 0 Å². The molecule has 0 saturated heterocycles. The van der Waals surface area contributed by atoms with Crippen molar-refractivity contribution in [2.24, 2.45) is 0 Å². The van der Waals surface area contributed by atoms with Gasteiger partial charge in [0.15, 0.2) is 0 Å². The van der Waals surface area contributed by atoms with Gasteiger partial charge in [-0.1, -0.05) is 12.2 Å². The number of carbonyl (C=O) groups excluding carboxylic acids is 1. The van der Waals surface area contributed by atoms with Gasteiger partial charge in [-0.05, 0) is 0 Å². The number of anilines is 1. The van der Waals surface area contributed by atoms with Crippen LogP contribution in [0, 0.1) is 0 Å². The van der Waals surface area contributed by atoms with Gasteiger partial charge in [-0.2, -0.15) is 4.98 Å². The summed E-state index contributed by atoms with van der Waals surface area (Å²) in [5.41, 5.74) is 0.474. The molecule has 0 saturated carbocycles. The molecule has 0 bridgehead atoms. The Morgan fingerprint density at radius 3 is 3.00 bits per heavy atom. The Morgan fingerprint density at radius 1 is 1.24 bits per heavy atom. The van der Waals surface area contributed by atoms with Crippen LogP contribution in [0.1, 0.15) is 10.4 Å². The summed E-state index contributed by atoms with van der Waals surface area (Å²) in [6, 6.07) is 1.67. The molecule has 0 aliphatic carbocycles. The molecule has 0 atom stereocenters. The van der Waals surface area contributed by atoms with Crippen LogP contribution in [0.4, 0.5) is 5.95 Å². The third-order valence-corrected chi connectivity index (χ3v) is 3.27. The third kappa shape index (κ3) is 4.28. The van der Waals surface area contributed by atoms with Crippen LogP contribution in [0.25, 0.3) is 5.78 Å². The highest BCUT2D eigenvalue weighted by molar-refractivity contribution is 5.93. The lowest BCUT2D eigenvalue weighted by Gasteiger charge is -2.04. The zero-order valence-corrected chi connectivity index (χ0v) is 13.6. The van der Waals surface area contributed by atoms with E-state index in [-0.39, 0.29) is 5.91 Å². The van der Waals surface area contributed by atoms with Crippen LogP contribution in [-0.2, 0) is 0 Å². The van der Waals surface area contributed by atoms with Crippen LogP contribution >= 0.6 is 0 Å². The summed E-state index contributed by atoms with van der Waals surface area (Å²) in [4.78, 5) is 28.4. The Balaban J connectivity index is 1.43. The normalized spacial score (nSPS) is 10.9. The van der Waals surface area contributed by atoms with Crippen molar-refractivity contribution in [2.45, 2.75) is 0 Å². The molecule has 3 aromatic heterocycles. The molecule has 0 aliphatic rings. The molecule has 0 unspecified atom stereocenters.